The second kappa shape index (κ2) is 4.23. The van der Waals surface area contributed by atoms with Crippen molar-refractivity contribution in [3.05, 3.63) is 28.1 Å². The molecule has 1 saturated carbocycles. The molecule has 0 aliphatic heterocycles. The average Bonchev–Trinajstić information content (AvgIpc) is 2.81. The van der Waals surface area contributed by atoms with Gasteiger partial charge in [0.15, 0.2) is 0 Å². The molecule has 3 rings (SSSR count). The maximum absolute atomic E-state index is 11.8. The second-order valence-corrected chi connectivity index (χ2v) is 6.34. The molecule has 0 unspecified atom stereocenters. The Morgan fingerprint density at radius 3 is 2.94 bits per heavy atom. The predicted molar refractivity (Wildman–Crippen MR) is 70.7 cm³/mol. The lowest BCUT2D eigenvalue weighted by atomic mass is 10.4. The number of carbonyl (C=O) groups is 1. The Kier molecular flexibility index (Phi) is 2.72. The van der Waals surface area contributed by atoms with E-state index in [0.29, 0.717) is 11.7 Å². The summed E-state index contributed by atoms with van der Waals surface area (Å²) in [6.07, 6.45) is 2.21. The highest BCUT2D eigenvalue weighted by Gasteiger charge is 2.24. The third-order valence-electron chi connectivity index (χ3n) is 2.60. The SMILES string of the molecule is Cc1ccc(-c2nc(C(=O)NC3CC3)cs2)s1. The van der Waals surface area contributed by atoms with Crippen LogP contribution in [0.25, 0.3) is 9.88 Å². The Morgan fingerprint density at radius 1 is 1.47 bits per heavy atom. The van der Waals surface area contributed by atoms with E-state index in [9.17, 15) is 4.79 Å². The van der Waals surface area contributed by atoms with Crippen LogP contribution in [0.2, 0.25) is 0 Å². The fourth-order valence-corrected chi connectivity index (χ4v) is 3.27. The number of amides is 1. The number of nitrogens with one attached hydrogen (secondary N) is 1. The Hall–Kier alpha value is -1.20. The zero-order chi connectivity index (χ0) is 11.8. The summed E-state index contributed by atoms with van der Waals surface area (Å²) in [5.41, 5.74) is 0.544. The number of hydrogen-bond acceptors (Lipinski definition) is 4. The van der Waals surface area contributed by atoms with Crippen LogP contribution in [0.4, 0.5) is 0 Å². The molecule has 2 aromatic heterocycles. The van der Waals surface area contributed by atoms with Crippen molar-refractivity contribution in [2.75, 3.05) is 0 Å². The van der Waals surface area contributed by atoms with Crippen molar-refractivity contribution in [2.24, 2.45) is 0 Å². The van der Waals surface area contributed by atoms with Crippen LogP contribution in [0.5, 0.6) is 0 Å². The Bertz CT molecular complexity index is 554. The molecule has 0 radical (unpaired) electrons. The molecule has 2 heterocycles. The summed E-state index contributed by atoms with van der Waals surface area (Å²) in [5.74, 6) is -0.0386. The number of rotatable bonds is 3. The number of thiophene rings is 1. The van der Waals surface area contributed by atoms with Crippen molar-refractivity contribution < 1.29 is 4.79 Å². The first-order valence-corrected chi connectivity index (χ1v) is 7.25. The first kappa shape index (κ1) is 10.9. The zero-order valence-electron chi connectivity index (χ0n) is 9.40. The fraction of sp³-hybridized carbons (Fsp3) is 0.333. The van der Waals surface area contributed by atoms with Gasteiger partial charge in [-0.1, -0.05) is 0 Å². The van der Waals surface area contributed by atoms with Gasteiger partial charge in [-0.25, -0.2) is 4.98 Å². The minimum absolute atomic E-state index is 0.0386. The highest BCUT2D eigenvalue weighted by molar-refractivity contribution is 7.21. The standard InChI is InChI=1S/C12H12N2OS2/c1-7-2-5-10(17-7)12-14-9(6-16-12)11(15)13-8-3-4-8/h2,5-6,8H,3-4H2,1H3,(H,13,15). The van der Waals surface area contributed by atoms with Gasteiger partial charge >= 0.3 is 0 Å². The lowest BCUT2D eigenvalue weighted by Gasteiger charge is -1.97. The van der Waals surface area contributed by atoms with Gasteiger partial charge in [-0.2, -0.15) is 0 Å². The minimum Gasteiger partial charge on any atom is -0.348 e. The summed E-state index contributed by atoms with van der Waals surface area (Å²) in [4.78, 5) is 18.6. The molecule has 0 bridgehead atoms. The van der Waals surface area contributed by atoms with Crippen molar-refractivity contribution in [1.29, 1.82) is 0 Å². The number of thiazole rings is 1. The van der Waals surface area contributed by atoms with Crippen molar-refractivity contribution >= 4 is 28.6 Å². The molecule has 17 heavy (non-hydrogen) atoms. The molecule has 1 aliphatic carbocycles. The third kappa shape index (κ3) is 2.40. The first-order valence-electron chi connectivity index (χ1n) is 5.55. The Balaban J connectivity index is 1.79. The molecule has 5 heteroatoms. The van der Waals surface area contributed by atoms with E-state index in [0.717, 1.165) is 22.7 Å². The number of aryl methyl sites for hydroxylation is 1. The molecule has 0 spiro atoms. The molecule has 1 fully saturated rings. The van der Waals surface area contributed by atoms with Gasteiger partial charge in [0.1, 0.15) is 10.7 Å². The third-order valence-corrected chi connectivity index (χ3v) is 4.61. The highest BCUT2D eigenvalue weighted by Crippen LogP contribution is 2.30. The van der Waals surface area contributed by atoms with E-state index >= 15 is 0 Å². The lowest BCUT2D eigenvalue weighted by Crippen LogP contribution is -2.25. The summed E-state index contributed by atoms with van der Waals surface area (Å²) in [5, 5.41) is 5.72. The molecule has 0 atom stereocenters. The molecule has 1 amide bonds. The number of nitrogens with zero attached hydrogens (tertiary/aromatic N) is 1. The summed E-state index contributed by atoms with van der Waals surface area (Å²) in [6, 6.07) is 4.52. The summed E-state index contributed by atoms with van der Waals surface area (Å²) >= 11 is 3.24. The topological polar surface area (TPSA) is 42.0 Å². The van der Waals surface area contributed by atoms with Gasteiger partial charge in [0.25, 0.3) is 5.91 Å². The fourth-order valence-electron chi connectivity index (χ4n) is 1.53. The normalized spacial score (nSPS) is 14.9. The van der Waals surface area contributed by atoms with Crippen LogP contribution >= 0.6 is 22.7 Å². The molecule has 1 aliphatic rings. The minimum atomic E-state index is -0.0386. The van der Waals surface area contributed by atoms with Gasteiger partial charge in [0.05, 0.1) is 4.88 Å². The number of aromatic nitrogens is 1. The molecule has 88 valence electrons. The zero-order valence-corrected chi connectivity index (χ0v) is 11.0. The van der Waals surface area contributed by atoms with Gasteiger partial charge in [-0.15, -0.1) is 22.7 Å². The number of carbonyl (C=O) groups excluding carboxylic acids is 1. The van der Waals surface area contributed by atoms with E-state index in [4.69, 9.17) is 0 Å². The molecular formula is C12H12N2OS2. The van der Waals surface area contributed by atoms with Crippen LogP contribution in [-0.4, -0.2) is 16.9 Å². The summed E-state index contributed by atoms with van der Waals surface area (Å²) in [6.45, 7) is 2.07. The predicted octanol–water partition coefficient (Wildman–Crippen LogP) is 3.07. The molecule has 0 aromatic carbocycles. The van der Waals surface area contributed by atoms with Crippen LogP contribution in [-0.2, 0) is 0 Å². The Morgan fingerprint density at radius 2 is 2.29 bits per heavy atom. The van der Waals surface area contributed by atoms with E-state index in [2.05, 4.69) is 29.4 Å². The summed E-state index contributed by atoms with van der Waals surface area (Å²) < 4.78 is 0. The van der Waals surface area contributed by atoms with Crippen LogP contribution in [0, 0.1) is 6.92 Å². The van der Waals surface area contributed by atoms with E-state index in [1.54, 1.807) is 11.3 Å². The molecule has 3 nitrogen and oxygen atoms in total. The van der Waals surface area contributed by atoms with Crippen LogP contribution in [0.3, 0.4) is 0 Å². The second-order valence-electron chi connectivity index (χ2n) is 4.20. The van der Waals surface area contributed by atoms with E-state index < -0.39 is 0 Å². The van der Waals surface area contributed by atoms with Gasteiger partial charge < -0.3 is 5.32 Å². The van der Waals surface area contributed by atoms with Crippen LogP contribution in [0.1, 0.15) is 28.2 Å². The lowest BCUT2D eigenvalue weighted by molar-refractivity contribution is 0.0947. The van der Waals surface area contributed by atoms with Crippen LogP contribution in [0.15, 0.2) is 17.5 Å². The molecule has 1 N–H and O–H groups in total. The smallest absolute Gasteiger partial charge is 0.270 e. The maximum atomic E-state index is 11.8. The van der Waals surface area contributed by atoms with Crippen LogP contribution < -0.4 is 5.32 Å². The van der Waals surface area contributed by atoms with E-state index in [1.807, 2.05) is 5.38 Å². The van der Waals surface area contributed by atoms with Gasteiger partial charge in [-0.3, -0.25) is 4.79 Å². The van der Waals surface area contributed by atoms with Crippen molar-refractivity contribution in [2.45, 2.75) is 25.8 Å². The van der Waals surface area contributed by atoms with Gasteiger partial charge in [0, 0.05) is 16.3 Å². The van der Waals surface area contributed by atoms with E-state index in [1.165, 1.54) is 16.2 Å². The Labute approximate surface area is 108 Å². The number of hydrogen-bond donors (Lipinski definition) is 1. The van der Waals surface area contributed by atoms with Gasteiger partial charge in [0.2, 0.25) is 0 Å². The largest absolute Gasteiger partial charge is 0.348 e. The molecule has 2 aromatic rings. The highest BCUT2D eigenvalue weighted by atomic mass is 32.1. The van der Waals surface area contributed by atoms with Crippen molar-refractivity contribution in [1.82, 2.24) is 10.3 Å². The summed E-state index contributed by atoms with van der Waals surface area (Å²) in [7, 11) is 0. The monoisotopic (exact) mass is 264 g/mol. The molecular weight excluding hydrogens is 252 g/mol. The van der Waals surface area contributed by atoms with Crippen molar-refractivity contribution in [3.8, 4) is 9.88 Å². The molecule has 0 saturated heterocycles. The quantitative estimate of drug-likeness (QED) is 0.925. The maximum Gasteiger partial charge on any atom is 0.270 e. The first-order chi connectivity index (χ1) is 8.22. The van der Waals surface area contributed by atoms with E-state index in [-0.39, 0.29) is 5.91 Å². The average molecular weight is 264 g/mol. The van der Waals surface area contributed by atoms with Crippen molar-refractivity contribution in [3.63, 3.8) is 0 Å². The van der Waals surface area contributed by atoms with Gasteiger partial charge in [-0.05, 0) is 31.9 Å².